The lowest BCUT2D eigenvalue weighted by atomic mass is 9.80. The molecule has 9 nitrogen and oxygen atoms in total. The number of rotatable bonds is 11. The monoisotopic (exact) mass is 484 g/mol. The third-order valence-electron chi connectivity index (χ3n) is 6.02. The van der Waals surface area contributed by atoms with Crippen LogP contribution in [0, 0.1) is 29.6 Å². The van der Waals surface area contributed by atoms with E-state index in [4.69, 9.17) is 18.9 Å². The average molecular weight is 485 g/mol. The van der Waals surface area contributed by atoms with Crippen LogP contribution in [0.5, 0.6) is 0 Å². The van der Waals surface area contributed by atoms with Crippen LogP contribution >= 0.6 is 0 Å². The molecule has 0 aromatic heterocycles. The lowest BCUT2D eigenvalue weighted by Gasteiger charge is -2.40. The number of carbonyl (C=O) groups excluding carboxylic acids is 3. The van der Waals surface area contributed by atoms with Gasteiger partial charge in [0.15, 0.2) is 0 Å². The van der Waals surface area contributed by atoms with E-state index in [9.17, 15) is 24.6 Å². The molecular formula is C25H40O9. The minimum atomic E-state index is -1.90. The highest BCUT2D eigenvalue weighted by Crippen LogP contribution is 2.49. The second kappa shape index (κ2) is 12.0. The number of carbonyl (C=O) groups is 3. The van der Waals surface area contributed by atoms with Gasteiger partial charge in [-0.15, -0.1) is 0 Å². The largest absolute Gasteiger partial charge is 0.462 e. The normalized spacial score (nSPS) is 28.4. The van der Waals surface area contributed by atoms with Gasteiger partial charge in [0.1, 0.15) is 18.8 Å². The van der Waals surface area contributed by atoms with E-state index in [1.807, 2.05) is 41.5 Å². The van der Waals surface area contributed by atoms with E-state index in [0.717, 1.165) is 0 Å². The van der Waals surface area contributed by atoms with Crippen LogP contribution in [-0.2, 0) is 33.3 Å². The van der Waals surface area contributed by atoms with Crippen molar-refractivity contribution in [1.29, 1.82) is 0 Å². The van der Waals surface area contributed by atoms with Crippen molar-refractivity contribution in [3.8, 4) is 0 Å². The second-order valence-corrected chi connectivity index (χ2v) is 10.7. The van der Waals surface area contributed by atoms with Gasteiger partial charge in [-0.25, -0.2) is 0 Å². The molecule has 1 fully saturated rings. The first kappa shape index (κ1) is 28.1. The second-order valence-electron chi connectivity index (χ2n) is 10.7. The summed E-state index contributed by atoms with van der Waals surface area (Å²) < 4.78 is 21.9. The fourth-order valence-corrected chi connectivity index (χ4v) is 4.39. The maximum Gasteiger partial charge on any atom is 0.309 e. The molecule has 2 aliphatic rings. The molecule has 1 saturated carbocycles. The van der Waals surface area contributed by atoms with Gasteiger partial charge >= 0.3 is 17.9 Å². The maximum absolute atomic E-state index is 12.4. The molecule has 0 aromatic carbocycles. The molecule has 0 radical (unpaired) electrons. The zero-order chi connectivity index (χ0) is 25.6. The van der Waals surface area contributed by atoms with Crippen molar-refractivity contribution in [3.05, 3.63) is 11.8 Å². The van der Waals surface area contributed by atoms with E-state index >= 15 is 0 Å². The van der Waals surface area contributed by atoms with E-state index in [0.29, 0.717) is 5.57 Å². The molecule has 34 heavy (non-hydrogen) atoms. The van der Waals surface area contributed by atoms with Gasteiger partial charge in [-0.3, -0.25) is 14.4 Å². The molecule has 0 amide bonds. The molecule has 9 heteroatoms. The van der Waals surface area contributed by atoms with Gasteiger partial charge in [-0.2, -0.15) is 0 Å². The van der Waals surface area contributed by atoms with Gasteiger partial charge in [0, 0.05) is 30.8 Å². The predicted octanol–water partition coefficient (Wildman–Crippen LogP) is 2.72. The van der Waals surface area contributed by atoms with Crippen LogP contribution in [0.3, 0.4) is 0 Å². The van der Waals surface area contributed by atoms with E-state index in [2.05, 4.69) is 0 Å². The van der Waals surface area contributed by atoms with Crippen LogP contribution < -0.4 is 0 Å². The summed E-state index contributed by atoms with van der Waals surface area (Å²) in [5.74, 6) is -2.50. The Hall–Kier alpha value is -2.13. The number of aliphatic hydroxyl groups is 2. The summed E-state index contributed by atoms with van der Waals surface area (Å²) in [6, 6.07) is 0. The first-order valence-electron chi connectivity index (χ1n) is 12.1. The molecule has 5 atom stereocenters. The topological polar surface area (TPSA) is 129 Å². The number of hydrogen-bond acceptors (Lipinski definition) is 9. The van der Waals surface area contributed by atoms with E-state index < -0.39 is 48.4 Å². The smallest absolute Gasteiger partial charge is 0.309 e. The van der Waals surface area contributed by atoms with Crippen molar-refractivity contribution in [2.75, 3.05) is 13.2 Å². The molecule has 1 aliphatic heterocycles. The zero-order valence-corrected chi connectivity index (χ0v) is 21.1. The van der Waals surface area contributed by atoms with E-state index in [1.54, 1.807) is 0 Å². The highest BCUT2D eigenvalue weighted by Gasteiger charge is 2.61. The Morgan fingerprint density at radius 1 is 0.971 bits per heavy atom. The number of esters is 3. The van der Waals surface area contributed by atoms with Gasteiger partial charge in [0.2, 0.25) is 6.29 Å². The Morgan fingerprint density at radius 2 is 1.50 bits per heavy atom. The Morgan fingerprint density at radius 3 is 2.06 bits per heavy atom. The Bertz CT molecular complexity index is 757. The van der Waals surface area contributed by atoms with Crippen molar-refractivity contribution in [2.24, 2.45) is 29.6 Å². The summed E-state index contributed by atoms with van der Waals surface area (Å²) >= 11 is 0. The van der Waals surface area contributed by atoms with Crippen molar-refractivity contribution >= 4 is 17.9 Å². The number of ether oxygens (including phenoxy) is 4. The molecule has 2 rings (SSSR count). The van der Waals surface area contributed by atoms with Gasteiger partial charge in [0.25, 0.3) is 0 Å². The summed E-state index contributed by atoms with van der Waals surface area (Å²) in [6.07, 6.45) is -0.380. The van der Waals surface area contributed by atoms with Crippen LogP contribution in [0.25, 0.3) is 0 Å². The fourth-order valence-electron chi connectivity index (χ4n) is 4.39. The van der Waals surface area contributed by atoms with Gasteiger partial charge in [-0.05, 0) is 24.2 Å². The molecular weight excluding hydrogens is 444 g/mol. The minimum absolute atomic E-state index is 0.0587. The maximum atomic E-state index is 12.4. The fraction of sp³-hybridized carbons (Fsp3) is 0.800. The Labute approximate surface area is 201 Å². The van der Waals surface area contributed by atoms with Gasteiger partial charge in [-0.1, -0.05) is 41.5 Å². The lowest BCUT2D eigenvalue weighted by molar-refractivity contribution is -0.222. The molecule has 194 valence electrons. The van der Waals surface area contributed by atoms with Crippen molar-refractivity contribution in [2.45, 2.75) is 85.2 Å². The highest BCUT2D eigenvalue weighted by molar-refractivity contribution is 5.70. The molecule has 0 saturated heterocycles. The first-order valence-corrected chi connectivity index (χ1v) is 12.1. The van der Waals surface area contributed by atoms with Gasteiger partial charge < -0.3 is 29.2 Å². The first-order chi connectivity index (χ1) is 15.8. The number of fused-ring (bicyclic) bond motifs is 1. The Kier molecular flexibility index (Phi) is 9.94. The third-order valence-corrected chi connectivity index (χ3v) is 6.02. The standard InChI is InChI=1S/C25H40O9/c1-14(2)7-20(27)31-11-17-12-32-24(34-22(29)9-16(5)6)23-18(17)10-19(26)25(23,30)13-33-21(28)8-15(3)4/h12,14-16,18-19,23-24,26,30H,7-11,13H2,1-6H3/t18-,19+,23-,24+,25-/m1/s1. The van der Waals surface area contributed by atoms with Crippen molar-refractivity contribution in [3.63, 3.8) is 0 Å². The molecule has 0 aromatic rings. The minimum Gasteiger partial charge on any atom is -0.462 e. The SMILES string of the molecule is CC(C)CC(=O)OCC1=CO[C@@H](OC(=O)CC(C)C)[C@H]2[C@@H]1C[C@H](O)[C@]2(O)COC(=O)CC(C)C. The summed E-state index contributed by atoms with van der Waals surface area (Å²) in [7, 11) is 0. The number of hydrogen-bond donors (Lipinski definition) is 2. The van der Waals surface area contributed by atoms with Crippen LogP contribution in [0.1, 0.15) is 67.2 Å². The summed E-state index contributed by atoms with van der Waals surface area (Å²) in [5, 5.41) is 22.3. The van der Waals surface area contributed by atoms with E-state index in [-0.39, 0.29) is 56.0 Å². The molecule has 0 spiro atoms. The summed E-state index contributed by atoms with van der Waals surface area (Å²) in [6.45, 7) is 10.8. The predicted molar refractivity (Wildman–Crippen MR) is 122 cm³/mol. The molecule has 1 heterocycles. The van der Waals surface area contributed by atoms with Crippen LogP contribution in [0.2, 0.25) is 0 Å². The molecule has 0 bridgehead atoms. The zero-order valence-electron chi connectivity index (χ0n) is 21.1. The van der Waals surface area contributed by atoms with Crippen molar-refractivity contribution < 1.29 is 43.5 Å². The van der Waals surface area contributed by atoms with Crippen LogP contribution in [-0.4, -0.2) is 59.3 Å². The number of aliphatic hydroxyl groups excluding tert-OH is 1. The molecule has 0 unspecified atom stereocenters. The molecule has 2 N–H and O–H groups in total. The van der Waals surface area contributed by atoms with Crippen molar-refractivity contribution in [1.82, 2.24) is 0 Å². The summed E-state index contributed by atoms with van der Waals surface area (Å²) in [4.78, 5) is 36.5. The molecule has 1 aliphatic carbocycles. The van der Waals surface area contributed by atoms with E-state index in [1.165, 1.54) is 6.26 Å². The van der Waals surface area contributed by atoms with Gasteiger partial charge in [0.05, 0.1) is 18.3 Å². The van der Waals surface area contributed by atoms with Crippen LogP contribution in [0.4, 0.5) is 0 Å². The highest BCUT2D eigenvalue weighted by atomic mass is 16.7. The quantitative estimate of drug-likeness (QED) is 0.336. The third kappa shape index (κ3) is 7.43. The Balaban J connectivity index is 2.23. The lowest BCUT2D eigenvalue weighted by Crippen LogP contribution is -2.54. The summed E-state index contributed by atoms with van der Waals surface area (Å²) in [5.41, 5.74) is -1.34. The van der Waals surface area contributed by atoms with Crippen LogP contribution in [0.15, 0.2) is 11.8 Å². The average Bonchev–Trinajstić information content (AvgIpc) is 2.96.